The van der Waals surface area contributed by atoms with Crippen LogP contribution >= 0.6 is 0 Å². The van der Waals surface area contributed by atoms with Crippen molar-refractivity contribution >= 4 is 0 Å². The molecule has 106 valence electrons. The standard InChI is InChI=1S/C17H21NO2/c1-12(18-2)13-6-5-7-14(8-13)15-9-16(19-3)11-17(10-15)20-4/h5-12,18H,1-4H3. The van der Waals surface area contributed by atoms with E-state index in [1.54, 1.807) is 14.2 Å². The Morgan fingerprint density at radius 1 is 0.900 bits per heavy atom. The normalized spacial score (nSPS) is 12.0. The van der Waals surface area contributed by atoms with Gasteiger partial charge in [0.05, 0.1) is 14.2 Å². The Bertz CT molecular complexity index is 559. The second-order valence-corrected chi connectivity index (χ2v) is 4.74. The number of hydrogen-bond donors (Lipinski definition) is 1. The Labute approximate surface area is 120 Å². The van der Waals surface area contributed by atoms with Gasteiger partial charge in [-0.05, 0) is 48.9 Å². The minimum absolute atomic E-state index is 0.322. The molecule has 0 spiro atoms. The van der Waals surface area contributed by atoms with Gasteiger partial charge in [-0.15, -0.1) is 0 Å². The second-order valence-electron chi connectivity index (χ2n) is 4.74. The van der Waals surface area contributed by atoms with Crippen molar-refractivity contribution in [3.8, 4) is 22.6 Å². The van der Waals surface area contributed by atoms with E-state index in [9.17, 15) is 0 Å². The van der Waals surface area contributed by atoms with Crippen LogP contribution in [0.4, 0.5) is 0 Å². The largest absolute Gasteiger partial charge is 0.497 e. The molecule has 1 unspecified atom stereocenters. The van der Waals surface area contributed by atoms with Gasteiger partial charge in [0, 0.05) is 12.1 Å². The molecule has 0 aliphatic rings. The van der Waals surface area contributed by atoms with E-state index in [4.69, 9.17) is 9.47 Å². The van der Waals surface area contributed by atoms with Crippen molar-refractivity contribution in [1.82, 2.24) is 5.32 Å². The molecule has 2 aromatic carbocycles. The Morgan fingerprint density at radius 2 is 1.55 bits per heavy atom. The molecule has 0 heterocycles. The zero-order valence-corrected chi connectivity index (χ0v) is 12.4. The topological polar surface area (TPSA) is 30.5 Å². The molecule has 0 aromatic heterocycles. The molecular formula is C17H21NO2. The third-order valence-electron chi connectivity index (χ3n) is 3.50. The Balaban J connectivity index is 2.45. The molecule has 0 aliphatic heterocycles. The van der Waals surface area contributed by atoms with Gasteiger partial charge >= 0.3 is 0 Å². The number of nitrogens with one attached hydrogen (secondary N) is 1. The maximum absolute atomic E-state index is 5.33. The van der Waals surface area contributed by atoms with Crippen molar-refractivity contribution < 1.29 is 9.47 Å². The van der Waals surface area contributed by atoms with Gasteiger partial charge in [-0.1, -0.05) is 18.2 Å². The van der Waals surface area contributed by atoms with Gasteiger partial charge in [-0.3, -0.25) is 0 Å². The van der Waals surface area contributed by atoms with E-state index in [1.807, 2.05) is 25.2 Å². The van der Waals surface area contributed by atoms with Crippen molar-refractivity contribution in [2.24, 2.45) is 0 Å². The lowest BCUT2D eigenvalue weighted by Gasteiger charge is -2.13. The Hall–Kier alpha value is -2.00. The molecule has 0 saturated carbocycles. The van der Waals surface area contributed by atoms with Crippen LogP contribution in [-0.2, 0) is 0 Å². The quantitative estimate of drug-likeness (QED) is 0.900. The highest BCUT2D eigenvalue weighted by Crippen LogP contribution is 2.30. The van der Waals surface area contributed by atoms with Gasteiger partial charge < -0.3 is 14.8 Å². The van der Waals surface area contributed by atoms with E-state index in [2.05, 4.69) is 36.5 Å². The lowest BCUT2D eigenvalue weighted by molar-refractivity contribution is 0.394. The summed E-state index contributed by atoms with van der Waals surface area (Å²) in [7, 11) is 5.29. The van der Waals surface area contributed by atoms with Crippen LogP contribution in [0.3, 0.4) is 0 Å². The van der Waals surface area contributed by atoms with Crippen LogP contribution < -0.4 is 14.8 Å². The van der Waals surface area contributed by atoms with Gasteiger partial charge in [0.25, 0.3) is 0 Å². The lowest BCUT2D eigenvalue weighted by Crippen LogP contribution is -2.12. The van der Waals surface area contributed by atoms with Crippen LogP contribution in [-0.4, -0.2) is 21.3 Å². The maximum atomic E-state index is 5.33. The number of hydrogen-bond acceptors (Lipinski definition) is 3. The van der Waals surface area contributed by atoms with E-state index in [-0.39, 0.29) is 0 Å². The fourth-order valence-electron chi connectivity index (χ4n) is 2.13. The highest BCUT2D eigenvalue weighted by atomic mass is 16.5. The van der Waals surface area contributed by atoms with E-state index >= 15 is 0 Å². The third kappa shape index (κ3) is 3.11. The molecule has 1 atom stereocenters. The molecule has 0 bridgehead atoms. The van der Waals surface area contributed by atoms with E-state index < -0.39 is 0 Å². The highest BCUT2D eigenvalue weighted by Gasteiger charge is 2.07. The third-order valence-corrected chi connectivity index (χ3v) is 3.50. The van der Waals surface area contributed by atoms with E-state index in [1.165, 1.54) is 5.56 Å². The summed E-state index contributed by atoms with van der Waals surface area (Å²) in [5.41, 5.74) is 3.50. The van der Waals surface area contributed by atoms with Crippen molar-refractivity contribution in [2.45, 2.75) is 13.0 Å². The predicted octanol–water partition coefficient (Wildman–Crippen LogP) is 3.65. The molecule has 0 aliphatic carbocycles. The Morgan fingerprint density at radius 3 is 2.10 bits per heavy atom. The molecule has 0 amide bonds. The first-order chi connectivity index (χ1) is 9.67. The molecule has 20 heavy (non-hydrogen) atoms. The summed E-state index contributed by atoms with van der Waals surface area (Å²) in [4.78, 5) is 0. The molecular weight excluding hydrogens is 250 g/mol. The molecule has 1 N–H and O–H groups in total. The van der Waals surface area contributed by atoms with Gasteiger partial charge in [0.1, 0.15) is 11.5 Å². The first-order valence-electron chi connectivity index (χ1n) is 6.68. The molecule has 3 nitrogen and oxygen atoms in total. The van der Waals surface area contributed by atoms with Crippen molar-refractivity contribution in [3.63, 3.8) is 0 Å². The van der Waals surface area contributed by atoms with E-state index in [0.717, 1.165) is 22.6 Å². The number of methoxy groups -OCH3 is 2. The molecule has 2 rings (SSSR count). The smallest absolute Gasteiger partial charge is 0.123 e. The molecule has 0 saturated heterocycles. The summed E-state index contributed by atoms with van der Waals surface area (Å²) in [6.07, 6.45) is 0. The zero-order valence-electron chi connectivity index (χ0n) is 12.4. The fourth-order valence-corrected chi connectivity index (χ4v) is 2.13. The van der Waals surface area contributed by atoms with Crippen LogP contribution in [0, 0.1) is 0 Å². The zero-order chi connectivity index (χ0) is 14.5. The molecule has 0 radical (unpaired) electrons. The average Bonchev–Trinajstić information content (AvgIpc) is 2.53. The van der Waals surface area contributed by atoms with Gasteiger partial charge in [-0.25, -0.2) is 0 Å². The Kier molecular flexibility index (Phi) is 4.64. The summed E-state index contributed by atoms with van der Waals surface area (Å²) in [5.74, 6) is 1.60. The van der Waals surface area contributed by atoms with Crippen molar-refractivity contribution in [2.75, 3.05) is 21.3 Å². The summed E-state index contributed by atoms with van der Waals surface area (Å²) in [5, 5.41) is 3.26. The minimum Gasteiger partial charge on any atom is -0.497 e. The second kappa shape index (κ2) is 6.44. The van der Waals surface area contributed by atoms with Crippen LogP contribution in [0.5, 0.6) is 11.5 Å². The van der Waals surface area contributed by atoms with Gasteiger partial charge in [0.15, 0.2) is 0 Å². The summed E-state index contributed by atoms with van der Waals surface area (Å²) in [6, 6.07) is 14.7. The van der Waals surface area contributed by atoms with Gasteiger partial charge in [0.2, 0.25) is 0 Å². The number of ether oxygens (including phenoxy) is 2. The first-order valence-corrected chi connectivity index (χ1v) is 6.68. The van der Waals surface area contributed by atoms with Crippen LogP contribution in [0.15, 0.2) is 42.5 Å². The average molecular weight is 271 g/mol. The summed E-state index contributed by atoms with van der Waals surface area (Å²) < 4.78 is 10.7. The van der Waals surface area contributed by atoms with Crippen LogP contribution in [0.1, 0.15) is 18.5 Å². The van der Waals surface area contributed by atoms with Crippen molar-refractivity contribution in [1.29, 1.82) is 0 Å². The minimum atomic E-state index is 0.322. The number of rotatable bonds is 5. The van der Waals surface area contributed by atoms with Gasteiger partial charge in [-0.2, -0.15) is 0 Å². The summed E-state index contributed by atoms with van der Waals surface area (Å²) in [6.45, 7) is 2.14. The molecule has 3 heteroatoms. The predicted molar refractivity (Wildman–Crippen MR) is 82.5 cm³/mol. The van der Waals surface area contributed by atoms with Crippen LogP contribution in [0.2, 0.25) is 0 Å². The molecule has 2 aromatic rings. The lowest BCUT2D eigenvalue weighted by atomic mass is 10.00. The van der Waals surface area contributed by atoms with Crippen LogP contribution in [0.25, 0.3) is 11.1 Å². The maximum Gasteiger partial charge on any atom is 0.123 e. The first kappa shape index (κ1) is 14.4. The highest BCUT2D eigenvalue weighted by molar-refractivity contribution is 5.68. The summed E-state index contributed by atoms with van der Waals surface area (Å²) >= 11 is 0. The number of benzene rings is 2. The van der Waals surface area contributed by atoms with Crippen molar-refractivity contribution in [3.05, 3.63) is 48.0 Å². The monoisotopic (exact) mass is 271 g/mol. The fraction of sp³-hybridized carbons (Fsp3) is 0.294. The SMILES string of the molecule is CNC(C)c1cccc(-c2cc(OC)cc(OC)c2)c1. The van der Waals surface area contributed by atoms with E-state index in [0.29, 0.717) is 6.04 Å². The molecule has 0 fully saturated rings.